The van der Waals surface area contributed by atoms with Crippen LogP contribution in [0.25, 0.3) is 11.1 Å². The Labute approximate surface area is 167 Å². The van der Waals surface area contributed by atoms with Gasteiger partial charge in [-0.1, -0.05) is 38.0 Å². The number of hydrogen-bond donors (Lipinski definition) is 2. The van der Waals surface area contributed by atoms with Gasteiger partial charge in [-0.3, -0.25) is 4.79 Å². The molecule has 4 nitrogen and oxygen atoms in total. The van der Waals surface area contributed by atoms with E-state index in [9.17, 15) is 9.90 Å². The molecule has 4 heteroatoms. The van der Waals surface area contributed by atoms with Crippen LogP contribution in [0.3, 0.4) is 0 Å². The largest absolute Gasteiger partial charge is 0.394 e. The predicted octanol–water partition coefficient (Wildman–Crippen LogP) is 3.22. The van der Waals surface area contributed by atoms with Gasteiger partial charge in [0.2, 0.25) is 5.91 Å². The molecule has 2 aromatic rings. The maximum absolute atomic E-state index is 12.7. The van der Waals surface area contributed by atoms with Gasteiger partial charge in [-0.05, 0) is 60.2 Å². The van der Waals surface area contributed by atoms with Crippen molar-refractivity contribution in [1.29, 1.82) is 0 Å². The summed E-state index contributed by atoms with van der Waals surface area (Å²) in [5.74, 6) is 6.17. The van der Waals surface area contributed by atoms with Crippen LogP contribution in [-0.2, 0) is 11.2 Å². The summed E-state index contributed by atoms with van der Waals surface area (Å²) in [6.45, 7) is 5.85. The molecular weight excluding hydrogens is 348 g/mol. The molecule has 2 aromatic carbocycles. The van der Waals surface area contributed by atoms with E-state index in [0.29, 0.717) is 6.42 Å². The van der Waals surface area contributed by atoms with Crippen LogP contribution in [0.2, 0.25) is 0 Å². The number of nitrogens with zero attached hydrogens (tertiary/aromatic N) is 1. The minimum atomic E-state index is -0.284. The lowest BCUT2D eigenvalue weighted by Crippen LogP contribution is -2.54. The summed E-state index contributed by atoms with van der Waals surface area (Å²) < 4.78 is 0. The molecule has 3 rings (SSSR count). The average molecular weight is 377 g/mol. The predicted molar refractivity (Wildman–Crippen MR) is 114 cm³/mol. The Balaban J connectivity index is 2.07. The lowest BCUT2D eigenvalue weighted by molar-refractivity contribution is -0.124. The van der Waals surface area contributed by atoms with E-state index in [0.717, 1.165) is 27.9 Å². The first-order valence-corrected chi connectivity index (χ1v) is 9.74. The fourth-order valence-corrected chi connectivity index (χ4v) is 3.98. The third-order valence-corrected chi connectivity index (χ3v) is 5.28. The fourth-order valence-electron chi connectivity index (χ4n) is 3.98. The first-order valence-electron chi connectivity index (χ1n) is 9.74. The molecule has 2 N–H and O–H groups in total. The van der Waals surface area contributed by atoms with Crippen molar-refractivity contribution in [3.8, 4) is 23.0 Å². The number of amides is 1. The number of carbonyl (C=O) groups excluding carboxylic acids is 1. The number of carbonyl (C=O) groups is 1. The maximum Gasteiger partial charge on any atom is 0.243 e. The van der Waals surface area contributed by atoms with Crippen LogP contribution >= 0.6 is 0 Å². The lowest BCUT2D eigenvalue weighted by Gasteiger charge is -2.37. The van der Waals surface area contributed by atoms with Crippen molar-refractivity contribution in [2.45, 2.75) is 39.3 Å². The molecule has 1 heterocycles. The van der Waals surface area contributed by atoms with Gasteiger partial charge in [-0.25, -0.2) is 0 Å². The van der Waals surface area contributed by atoms with E-state index in [1.165, 1.54) is 0 Å². The second kappa shape index (κ2) is 8.50. The van der Waals surface area contributed by atoms with Crippen molar-refractivity contribution in [2.24, 2.45) is 5.92 Å². The number of likely N-dealkylation sites (N-methyl/N-ethyl adjacent to an activating group) is 1. The van der Waals surface area contributed by atoms with Gasteiger partial charge in [0, 0.05) is 18.3 Å². The highest BCUT2D eigenvalue weighted by molar-refractivity contribution is 5.87. The third kappa shape index (κ3) is 4.05. The molecule has 0 saturated carbocycles. The number of nitrogens with one attached hydrogen (secondary N) is 1. The molecule has 1 aliphatic rings. The van der Waals surface area contributed by atoms with Gasteiger partial charge in [0.15, 0.2) is 0 Å². The van der Waals surface area contributed by atoms with Crippen molar-refractivity contribution in [3.63, 3.8) is 0 Å². The maximum atomic E-state index is 12.7. The van der Waals surface area contributed by atoms with Gasteiger partial charge in [0.25, 0.3) is 0 Å². The quantitative estimate of drug-likeness (QED) is 0.809. The van der Waals surface area contributed by atoms with Gasteiger partial charge in [-0.2, -0.15) is 0 Å². The molecule has 0 saturated heterocycles. The molecule has 146 valence electrons. The number of anilines is 1. The summed E-state index contributed by atoms with van der Waals surface area (Å²) in [6, 6.07) is 14.0. The molecule has 1 aliphatic heterocycles. The molecule has 0 aromatic heterocycles. The Morgan fingerprint density at radius 1 is 1.21 bits per heavy atom. The molecular formula is C24H28N2O2. The Hall–Kier alpha value is -2.77. The molecule has 0 bridgehead atoms. The molecule has 28 heavy (non-hydrogen) atoms. The molecule has 1 amide bonds. The zero-order valence-electron chi connectivity index (χ0n) is 17.0. The zero-order valence-corrected chi connectivity index (χ0v) is 17.0. The topological polar surface area (TPSA) is 52.6 Å². The summed E-state index contributed by atoms with van der Waals surface area (Å²) in [4.78, 5) is 14.8. The van der Waals surface area contributed by atoms with Crippen molar-refractivity contribution < 1.29 is 9.90 Å². The van der Waals surface area contributed by atoms with Crippen LogP contribution in [0.4, 0.5) is 5.69 Å². The number of rotatable bonds is 3. The highest BCUT2D eigenvalue weighted by Crippen LogP contribution is 2.32. The zero-order chi connectivity index (χ0) is 20.3. The number of fused-ring (bicyclic) bond motifs is 1. The minimum Gasteiger partial charge on any atom is -0.394 e. The van der Waals surface area contributed by atoms with Gasteiger partial charge >= 0.3 is 0 Å². The van der Waals surface area contributed by atoms with Crippen LogP contribution in [0, 0.1) is 17.8 Å². The average Bonchev–Trinajstić information content (AvgIpc) is 2.66. The van der Waals surface area contributed by atoms with E-state index in [1.54, 1.807) is 0 Å². The van der Waals surface area contributed by atoms with Gasteiger partial charge in [-0.15, -0.1) is 5.92 Å². The molecule has 1 unspecified atom stereocenters. The van der Waals surface area contributed by atoms with E-state index < -0.39 is 0 Å². The first-order chi connectivity index (χ1) is 13.4. The van der Waals surface area contributed by atoms with E-state index >= 15 is 0 Å². The van der Waals surface area contributed by atoms with E-state index in [4.69, 9.17) is 0 Å². The fraction of sp³-hybridized carbons (Fsp3) is 0.375. The lowest BCUT2D eigenvalue weighted by atomic mass is 9.92. The second-order valence-corrected chi connectivity index (χ2v) is 7.69. The SMILES string of the molecule is CC#Cc1cccc(-c2ccc3c(c2)C[C@@H](CO)NC(=O)C(C(C)C)N3C)c1. The van der Waals surface area contributed by atoms with Crippen molar-refractivity contribution in [1.82, 2.24) is 5.32 Å². The van der Waals surface area contributed by atoms with Crippen LogP contribution in [-0.4, -0.2) is 36.8 Å². The molecule has 2 atom stereocenters. The summed E-state index contributed by atoms with van der Waals surface area (Å²) in [5, 5.41) is 12.8. The van der Waals surface area contributed by atoms with Gasteiger partial charge in [0.05, 0.1) is 12.6 Å². The van der Waals surface area contributed by atoms with Crippen LogP contribution in [0.5, 0.6) is 0 Å². The highest BCUT2D eigenvalue weighted by Gasteiger charge is 2.32. The highest BCUT2D eigenvalue weighted by atomic mass is 16.3. The summed E-state index contributed by atoms with van der Waals surface area (Å²) in [6.07, 6.45) is 0.592. The van der Waals surface area contributed by atoms with E-state index in [1.807, 2.05) is 40.0 Å². The van der Waals surface area contributed by atoms with E-state index in [2.05, 4.69) is 52.4 Å². The number of benzene rings is 2. The smallest absolute Gasteiger partial charge is 0.243 e. The Kier molecular flexibility index (Phi) is 6.06. The normalized spacial score (nSPS) is 19.2. The summed E-state index contributed by atoms with van der Waals surface area (Å²) >= 11 is 0. The van der Waals surface area contributed by atoms with Crippen molar-refractivity contribution >= 4 is 11.6 Å². The number of aliphatic hydroxyl groups is 1. The Morgan fingerprint density at radius 2 is 1.96 bits per heavy atom. The minimum absolute atomic E-state index is 0.0304. The molecule has 0 aliphatic carbocycles. The summed E-state index contributed by atoms with van der Waals surface area (Å²) in [7, 11) is 1.97. The van der Waals surface area contributed by atoms with Crippen LogP contribution in [0.15, 0.2) is 42.5 Å². The standard InChI is InChI=1S/C24H28N2O2/c1-5-7-17-8-6-9-18(12-17)19-10-11-22-20(13-19)14-21(15-27)25-24(28)23(16(2)3)26(22)4/h6,8-13,16,21,23,27H,14-15H2,1-4H3,(H,25,28)/t21-,23?/m0/s1. The Morgan fingerprint density at radius 3 is 2.64 bits per heavy atom. The molecule has 0 fully saturated rings. The van der Waals surface area contributed by atoms with Crippen LogP contribution in [0.1, 0.15) is 31.9 Å². The van der Waals surface area contributed by atoms with Gasteiger partial charge < -0.3 is 15.3 Å². The van der Waals surface area contributed by atoms with Crippen LogP contribution < -0.4 is 10.2 Å². The van der Waals surface area contributed by atoms with Crippen molar-refractivity contribution in [2.75, 3.05) is 18.6 Å². The van der Waals surface area contributed by atoms with Gasteiger partial charge in [0.1, 0.15) is 6.04 Å². The number of aliphatic hydroxyl groups excluding tert-OH is 1. The second-order valence-electron chi connectivity index (χ2n) is 7.69. The van der Waals surface area contributed by atoms with Crippen molar-refractivity contribution in [3.05, 3.63) is 53.6 Å². The third-order valence-electron chi connectivity index (χ3n) is 5.28. The monoisotopic (exact) mass is 376 g/mol. The Bertz CT molecular complexity index is 924. The number of hydrogen-bond acceptors (Lipinski definition) is 3. The summed E-state index contributed by atoms with van der Waals surface area (Å²) in [5.41, 5.74) is 5.37. The molecule has 0 radical (unpaired) electrons. The van der Waals surface area contributed by atoms with E-state index in [-0.39, 0.29) is 30.5 Å². The first kappa shape index (κ1) is 20.0. The molecule has 0 spiro atoms.